The normalized spacial score (nSPS) is 51.3. The third-order valence-corrected chi connectivity index (χ3v) is 9.18. The van der Waals surface area contributed by atoms with E-state index in [4.69, 9.17) is 4.74 Å². The molecule has 7 aliphatic carbocycles. The second-order valence-corrected chi connectivity index (χ2v) is 10.2. The van der Waals surface area contributed by atoms with Gasteiger partial charge in [-0.1, -0.05) is 42.5 Å². The van der Waals surface area contributed by atoms with Crippen LogP contribution in [0, 0.1) is 47.3 Å². The van der Waals surface area contributed by atoms with Gasteiger partial charge in [0.15, 0.2) is 0 Å². The summed E-state index contributed by atoms with van der Waals surface area (Å²) in [7, 11) is 0. The molecular formula is C27H36O2. The van der Waals surface area contributed by atoms with Gasteiger partial charge in [0.2, 0.25) is 0 Å². The van der Waals surface area contributed by atoms with E-state index in [2.05, 4.69) is 50.1 Å². The van der Waals surface area contributed by atoms with Crippen LogP contribution in [-0.4, -0.2) is 22.9 Å². The summed E-state index contributed by atoms with van der Waals surface area (Å²) in [4.78, 5) is 0. The van der Waals surface area contributed by atoms with Gasteiger partial charge in [-0.25, -0.2) is 0 Å². The Kier molecular flexibility index (Phi) is 4.79. The molecule has 2 heteroatoms. The van der Waals surface area contributed by atoms with Crippen LogP contribution in [0.25, 0.3) is 0 Å². The lowest BCUT2D eigenvalue weighted by molar-refractivity contribution is -0.292. The van der Waals surface area contributed by atoms with Gasteiger partial charge in [0.25, 0.3) is 0 Å². The standard InChI is InChI=1S/C27H36O2/c1-4-15-26(28)22-18-7-11-20(12-8-18)24(22)27(16-5-2,29-17-6-3)25-21-13-9-19(10-14-21)23(25)26/h4-7,9,11,13,18-25,28H,1-3,8,10,12,14-17H2. The number of hydrogen-bond donors (Lipinski definition) is 1. The van der Waals surface area contributed by atoms with Gasteiger partial charge in [-0.15, -0.1) is 19.7 Å². The largest absolute Gasteiger partial charge is 0.389 e. The summed E-state index contributed by atoms with van der Waals surface area (Å²) < 4.78 is 6.88. The van der Waals surface area contributed by atoms with Crippen LogP contribution in [-0.2, 0) is 4.74 Å². The van der Waals surface area contributed by atoms with Crippen LogP contribution in [0.1, 0.15) is 38.5 Å². The zero-order valence-electron chi connectivity index (χ0n) is 17.6. The van der Waals surface area contributed by atoms with Gasteiger partial charge >= 0.3 is 0 Å². The average Bonchev–Trinajstić information content (AvgIpc) is 2.77. The molecule has 0 aromatic heterocycles. The van der Waals surface area contributed by atoms with Crippen LogP contribution in [0.3, 0.4) is 0 Å². The van der Waals surface area contributed by atoms with E-state index in [1.165, 1.54) is 25.7 Å². The molecule has 2 nitrogen and oxygen atoms in total. The van der Waals surface area contributed by atoms with Gasteiger partial charge in [0.05, 0.1) is 17.8 Å². The molecule has 1 N–H and O–H groups in total. The molecule has 8 atom stereocenters. The molecule has 0 heterocycles. The van der Waals surface area contributed by atoms with E-state index in [9.17, 15) is 5.11 Å². The van der Waals surface area contributed by atoms with Crippen molar-refractivity contribution in [2.24, 2.45) is 47.3 Å². The Hall–Kier alpha value is -1.38. The smallest absolute Gasteiger partial charge is 0.0796 e. The highest BCUT2D eigenvalue weighted by Gasteiger charge is 2.71. The molecular weight excluding hydrogens is 356 g/mol. The topological polar surface area (TPSA) is 29.5 Å². The summed E-state index contributed by atoms with van der Waals surface area (Å²) >= 11 is 0. The summed E-state index contributed by atoms with van der Waals surface area (Å²) in [6.07, 6.45) is 22.0. The average molecular weight is 393 g/mol. The molecule has 0 aromatic rings. The van der Waals surface area contributed by atoms with Gasteiger partial charge in [0, 0.05) is 23.7 Å². The van der Waals surface area contributed by atoms with Crippen molar-refractivity contribution in [1.82, 2.24) is 0 Å². The predicted octanol–water partition coefficient (Wildman–Crippen LogP) is 5.48. The third-order valence-electron chi connectivity index (χ3n) is 9.18. The maximum absolute atomic E-state index is 12.5. The fourth-order valence-corrected chi connectivity index (χ4v) is 8.59. The van der Waals surface area contributed by atoms with Crippen LogP contribution in [0.4, 0.5) is 0 Å². The lowest BCUT2D eigenvalue weighted by Gasteiger charge is -2.71. The summed E-state index contributed by atoms with van der Waals surface area (Å²) in [6.45, 7) is 12.8. The highest BCUT2D eigenvalue weighted by Crippen LogP contribution is 2.69. The molecule has 7 aliphatic rings. The number of hydrogen-bond acceptors (Lipinski definition) is 2. The summed E-state index contributed by atoms with van der Waals surface area (Å²) in [5, 5.41) is 12.5. The van der Waals surface area contributed by atoms with Crippen molar-refractivity contribution < 1.29 is 9.84 Å². The second kappa shape index (κ2) is 7.10. The van der Waals surface area contributed by atoms with Crippen LogP contribution in [0.2, 0.25) is 0 Å². The zero-order chi connectivity index (χ0) is 20.2. The van der Waals surface area contributed by atoms with E-state index in [1.807, 2.05) is 12.2 Å². The SMILES string of the molecule is C=CCOC1(CC=C)C2C3C=CC(CC3)C2C(O)(CC=C)C2C3C=CC(CC3)C21. The van der Waals surface area contributed by atoms with Crippen LogP contribution in [0.15, 0.2) is 62.3 Å². The molecule has 8 unspecified atom stereocenters. The molecule has 156 valence electrons. The van der Waals surface area contributed by atoms with Crippen molar-refractivity contribution in [3.63, 3.8) is 0 Å². The first-order chi connectivity index (χ1) is 14.1. The molecule has 0 radical (unpaired) electrons. The Bertz CT molecular complexity index is 704. The molecule has 4 bridgehead atoms. The lowest BCUT2D eigenvalue weighted by Crippen LogP contribution is -2.74. The molecule has 7 rings (SSSR count). The maximum atomic E-state index is 12.5. The number of fused-ring (bicyclic) bond motifs is 2. The van der Waals surface area contributed by atoms with Crippen molar-refractivity contribution in [2.75, 3.05) is 6.61 Å². The molecule has 3 fully saturated rings. The number of aliphatic hydroxyl groups is 1. The van der Waals surface area contributed by atoms with Gasteiger partial charge in [-0.3, -0.25) is 0 Å². The number of rotatable bonds is 7. The van der Waals surface area contributed by atoms with Crippen LogP contribution >= 0.6 is 0 Å². The van der Waals surface area contributed by atoms with Gasteiger partial charge < -0.3 is 9.84 Å². The Morgan fingerprint density at radius 3 is 1.55 bits per heavy atom. The van der Waals surface area contributed by atoms with E-state index in [0.29, 0.717) is 48.5 Å². The fraction of sp³-hybridized carbons (Fsp3) is 0.630. The molecule has 0 spiro atoms. The van der Waals surface area contributed by atoms with Crippen molar-refractivity contribution in [3.8, 4) is 0 Å². The summed E-state index contributed by atoms with van der Waals surface area (Å²) in [6, 6.07) is 0. The van der Waals surface area contributed by atoms with Crippen LogP contribution in [0.5, 0.6) is 0 Å². The molecule has 29 heavy (non-hydrogen) atoms. The highest BCUT2D eigenvalue weighted by molar-refractivity contribution is 5.30. The molecule has 0 saturated heterocycles. The monoisotopic (exact) mass is 392 g/mol. The summed E-state index contributed by atoms with van der Waals surface area (Å²) in [5.41, 5.74) is -0.956. The molecule has 0 amide bonds. The van der Waals surface area contributed by atoms with E-state index in [1.54, 1.807) is 0 Å². The lowest BCUT2D eigenvalue weighted by atomic mass is 9.37. The molecule has 0 aromatic carbocycles. The van der Waals surface area contributed by atoms with E-state index in [0.717, 1.165) is 6.42 Å². The fourth-order valence-electron chi connectivity index (χ4n) is 8.59. The first-order valence-electron chi connectivity index (χ1n) is 11.7. The molecule has 0 aliphatic heterocycles. The van der Waals surface area contributed by atoms with E-state index < -0.39 is 5.60 Å². The minimum absolute atomic E-state index is 0.239. The predicted molar refractivity (Wildman–Crippen MR) is 118 cm³/mol. The zero-order valence-corrected chi connectivity index (χ0v) is 17.6. The number of allylic oxidation sites excluding steroid dienone is 4. The Balaban J connectivity index is 1.73. The minimum Gasteiger partial charge on any atom is -0.389 e. The highest BCUT2D eigenvalue weighted by atomic mass is 16.5. The van der Waals surface area contributed by atoms with Gasteiger partial charge in [-0.2, -0.15) is 0 Å². The Morgan fingerprint density at radius 2 is 1.17 bits per heavy atom. The minimum atomic E-state index is -0.693. The summed E-state index contributed by atoms with van der Waals surface area (Å²) in [5.74, 6) is 3.00. The van der Waals surface area contributed by atoms with E-state index in [-0.39, 0.29) is 17.4 Å². The van der Waals surface area contributed by atoms with Gasteiger partial charge in [-0.05, 0) is 62.2 Å². The second-order valence-electron chi connectivity index (χ2n) is 10.2. The Morgan fingerprint density at radius 1 is 0.724 bits per heavy atom. The van der Waals surface area contributed by atoms with Gasteiger partial charge in [0.1, 0.15) is 0 Å². The van der Waals surface area contributed by atoms with Crippen molar-refractivity contribution in [3.05, 3.63) is 62.3 Å². The Labute approximate surface area is 176 Å². The maximum Gasteiger partial charge on any atom is 0.0796 e. The van der Waals surface area contributed by atoms with Crippen molar-refractivity contribution in [2.45, 2.75) is 49.7 Å². The van der Waals surface area contributed by atoms with Crippen molar-refractivity contribution >= 4 is 0 Å². The van der Waals surface area contributed by atoms with E-state index >= 15 is 0 Å². The molecule has 3 saturated carbocycles. The number of ether oxygens (including phenoxy) is 1. The van der Waals surface area contributed by atoms with Crippen molar-refractivity contribution in [1.29, 1.82) is 0 Å². The first-order valence-corrected chi connectivity index (χ1v) is 11.7. The quantitative estimate of drug-likeness (QED) is 0.581. The first kappa shape index (κ1) is 19.6. The van der Waals surface area contributed by atoms with Crippen LogP contribution < -0.4 is 0 Å². The third kappa shape index (κ3) is 2.55.